The maximum absolute atomic E-state index is 12.2. The van der Waals surface area contributed by atoms with Crippen molar-refractivity contribution in [3.05, 3.63) is 53.7 Å². The Balaban J connectivity index is 2.09. The molecule has 0 bridgehead atoms. The summed E-state index contributed by atoms with van der Waals surface area (Å²) in [7, 11) is 0. The fraction of sp³-hybridized carbons (Fsp3) is 0.294. The molecule has 2 unspecified atom stereocenters. The fourth-order valence-corrected chi connectivity index (χ4v) is 3.97. The highest BCUT2D eigenvalue weighted by Crippen LogP contribution is 2.47. The van der Waals surface area contributed by atoms with E-state index in [9.17, 15) is 4.79 Å². The van der Waals surface area contributed by atoms with Crippen LogP contribution in [0.25, 0.3) is 0 Å². The van der Waals surface area contributed by atoms with Crippen molar-refractivity contribution in [2.75, 3.05) is 11.9 Å². The van der Waals surface area contributed by atoms with E-state index in [0.29, 0.717) is 12.4 Å². The molecule has 3 rings (SSSR count). The number of fused-ring (bicyclic) bond motifs is 1. The van der Waals surface area contributed by atoms with Gasteiger partial charge in [0.05, 0.1) is 10.5 Å². The highest BCUT2D eigenvalue weighted by molar-refractivity contribution is 8.01. The molecule has 2 aromatic rings. The second-order valence-electron chi connectivity index (χ2n) is 5.40. The number of nitrogens with one attached hydrogen (secondary N) is 2. The zero-order chi connectivity index (χ0) is 16.4. The molecule has 6 heteroatoms. The zero-order valence-electron chi connectivity index (χ0n) is 13.1. The summed E-state index contributed by atoms with van der Waals surface area (Å²) in [5.41, 5.74) is 2.99. The first kappa shape index (κ1) is 15.7. The summed E-state index contributed by atoms with van der Waals surface area (Å²) in [5.74, 6) is 1.38. The molecular weight excluding hydrogens is 310 g/mol. The second-order valence-corrected chi connectivity index (χ2v) is 6.85. The van der Waals surface area contributed by atoms with Crippen molar-refractivity contribution in [2.45, 2.75) is 24.3 Å². The number of nitrogens with zero attached hydrogens (tertiary/aromatic N) is 1. The predicted molar refractivity (Wildman–Crippen MR) is 93.0 cm³/mol. The third-order valence-electron chi connectivity index (χ3n) is 3.77. The molecule has 0 aliphatic carbocycles. The van der Waals surface area contributed by atoms with E-state index in [2.05, 4.69) is 22.1 Å². The molecule has 1 aliphatic heterocycles. The van der Waals surface area contributed by atoms with Crippen LogP contribution in [0, 0.1) is 6.92 Å². The first-order valence-electron chi connectivity index (χ1n) is 7.45. The first-order valence-corrected chi connectivity index (χ1v) is 8.40. The quantitative estimate of drug-likeness (QED) is 0.843. The number of hydrogen-bond acceptors (Lipinski definition) is 4. The fourth-order valence-electron chi connectivity index (χ4n) is 2.61. The molecule has 2 atom stereocenters. The van der Waals surface area contributed by atoms with Crippen LogP contribution in [-0.4, -0.2) is 28.0 Å². The number of aryl methyl sites for hydroxylation is 1. The Bertz CT molecular complexity index is 741. The molecule has 2 heterocycles. The van der Waals surface area contributed by atoms with Gasteiger partial charge in [-0.1, -0.05) is 30.9 Å². The summed E-state index contributed by atoms with van der Waals surface area (Å²) in [4.78, 5) is 12.2. The molecule has 0 fully saturated rings. The summed E-state index contributed by atoms with van der Waals surface area (Å²) in [6.45, 7) is 8.01. The second kappa shape index (κ2) is 6.50. The van der Waals surface area contributed by atoms with Gasteiger partial charge in [0.1, 0.15) is 12.4 Å². The number of benzene rings is 1. The summed E-state index contributed by atoms with van der Waals surface area (Å²) in [6.07, 6.45) is 1.72. The van der Waals surface area contributed by atoms with Gasteiger partial charge in [0.25, 0.3) is 0 Å². The number of carbonyl (C=O) groups excluding carboxylic acids is 1. The minimum absolute atomic E-state index is 0.0290. The van der Waals surface area contributed by atoms with E-state index in [0.717, 1.165) is 22.6 Å². The van der Waals surface area contributed by atoms with Crippen LogP contribution >= 0.6 is 11.8 Å². The highest BCUT2D eigenvalue weighted by Gasteiger charge is 2.33. The molecule has 23 heavy (non-hydrogen) atoms. The van der Waals surface area contributed by atoms with E-state index in [1.807, 2.05) is 38.1 Å². The Morgan fingerprint density at radius 3 is 3.00 bits per heavy atom. The number of hydrogen-bond donors (Lipinski definition) is 2. The van der Waals surface area contributed by atoms with Gasteiger partial charge < -0.3 is 10.1 Å². The highest BCUT2D eigenvalue weighted by atomic mass is 32.2. The van der Waals surface area contributed by atoms with Crippen molar-refractivity contribution >= 4 is 23.5 Å². The van der Waals surface area contributed by atoms with Gasteiger partial charge in [-0.3, -0.25) is 9.89 Å². The van der Waals surface area contributed by atoms with Gasteiger partial charge in [-0.25, -0.2) is 0 Å². The SMILES string of the molecule is C=CCOc1ccccc1C1SC(C)C(=O)Nc2n[nH]c(C)c21. The van der Waals surface area contributed by atoms with Gasteiger partial charge in [-0.05, 0) is 19.9 Å². The average Bonchev–Trinajstić information content (AvgIpc) is 2.85. The largest absolute Gasteiger partial charge is 0.489 e. The van der Waals surface area contributed by atoms with E-state index in [1.165, 1.54) is 0 Å². The first-order chi connectivity index (χ1) is 11.1. The van der Waals surface area contributed by atoms with Crippen LogP contribution in [0.1, 0.15) is 29.0 Å². The Morgan fingerprint density at radius 2 is 2.22 bits per heavy atom. The Labute approximate surface area is 139 Å². The lowest BCUT2D eigenvalue weighted by Gasteiger charge is -2.20. The molecule has 0 radical (unpaired) electrons. The maximum Gasteiger partial charge on any atom is 0.238 e. The lowest BCUT2D eigenvalue weighted by Crippen LogP contribution is -2.21. The third kappa shape index (κ3) is 2.99. The van der Waals surface area contributed by atoms with Gasteiger partial charge in [-0.15, -0.1) is 11.8 Å². The van der Waals surface area contributed by atoms with E-state index in [1.54, 1.807) is 17.8 Å². The molecule has 5 nitrogen and oxygen atoms in total. The number of rotatable bonds is 4. The van der Waals surface area contributed by atoms with Crippen LogP contribution < -0.4 is 10.1 Å². The van der Waals surface area contributed by atoms with Crippen molar-refractivity contribution < 1.29 is 9.53 Å². The number of H-pyrrole nitrogens is 1. The summed E-state index contributed by atoms with van der Waals surface area (Å²) < 4.78 is 5.81. The molecule has 120 valence electrons. The molecule has 1 amide bonds. The Morgan fingerprint density at radius 1 is 1.43 bits per heavy atom. The van der Waals surface area contributed by atoms with Gasteiger partial charge in [-0.2, -0.15) is 5.10 Å². The van der Waals surface area contributed by atoms with Crippen molar-refractivity contribution in [1.82, 2.24) is 10.2 Å². The van der Waals surface area contributed by atoms with E-state index >= 15 is 0 Å². The molecule has 0 spiro atoms. The average molecular weight is 329 g/mol. The summed E-state index contributed by atoms with van der Waals surface area (Å²) in [6, 6.07) is 7.91. The number of para-hydroxylation sites is 1. The molecular formula is C17H19N3O2S. The number of aromatic nitrogens is 2. The van der Waals surface area contributed by atoms with Gasteiger partial charge in [0.2, 0.25) is 5.91 Å². The molecule has 1 aromatic carbocycles. The van der Waals surface area contributed by atoms with Gasteiger partial charge in [0, 0.05) is 16.8 Å². The number of ether oxygens (including phenoxy) is 1. The van der Waals surface area contributed by atoms with E-state index in [4.69, 9.17) is 4.74 Å². The van der Waals surface area contributed by atoms with Crippen LogP contribution in [-0.2, 0) is 4.79 Å². The molecule has 1 aliphatic rings. The van der Waals surface area contributed by atoms with Crippen molar-refractivity contribution in [3.63, 3.8) is 0 Å². The monoisotopic (exact) mass is 329 g/mol. The minimum Gasteiger partial charge on any atom is -0.489 e. The number of amides is 1. The number of thioether (sulfide) groups is 1. The third-order valence-corrected chi connectivity index (χ3v) is 5.15. The normalized spacial score (nSPS) is 20.3. The predicted octanol–water partition coefficient (Wildman–Crippen LogP) is 3.45. The van der Waals surface area contributed by atoms with Crippen molar-refractivity contribution in [3.8, 4) is 5.75 Å². The van der Waals surface area contributed by atoms with Crippen LogP contribution in [0.2, 0.25) is 0 Å². The van der Waals surface area contributed by atoms with Crippen molar-refractivity contribution in [1.29, 1.82) is 0 Å². The van der Waals surface area contributed by atoms with Crippen LogP contribution in [0.4, 0.5) is 5.82 Å². The lowest BCUT2D eigenvalue weighted by molar-refractivity contribution is -0.115. The smallest absolute Gasteiger partial charge is 0.238 e. The molecule has 0 saturated carbocycles. The number of aromatic amines is 1. The van der Waals surface area contributed by atoms with Crippen LogP contribution in [0.5, 0.6) is 5.75 Å². The molecule has 0 saturated heterocycles. The van der Waals surface area contributed by atoms with Gasteiger partial charge in [0.15, 0.2) is 5.82 Å². The number of carbonyl (C=O) groups is 1. The zero-order valence-corrected chi connectivity index (χ0v) is 13.9. The van der Waals surface area contributed by atoms with Crippen LogP contribution in [0.3, 0.4) is 0 Å². The van der Waals surface area contributed by atoms with E-state index < -0.39 is 0 Å². The molecule has 2 N–H and O–H groups in total. The van der Waals surface area contributed by atoms with Crippen molar-refractivity contribution in [2.24, 2.45) is 0 Å². The maximum atomic E-state index is 12.2. The lowest BCUT2D eigenvalue weighted by atomic mass is 10.0. The number of anilines is 1. The summed E-state index contributed by atoms with van der Waals surface area (Å²) >= 11 is 1.60. The molecule has 1 aromatic heterocycles. The topological polar surface area (TPSA) is 67.0 Å². The summed E-state index contributed by atoms with van der Waals surface area (Å²) in [5, 5.41) is 9.90. The Hall–Kier alpha value is -2.21. The van der Waals surface area contributed by atoms with E-state index in [-0.39, 0.29) is 16.4 Å². The Kier molecular flexibility index (Phi) is 4.43. The minimum atomic E-state index is -0.180. The van der Waals surface area contributed by atoms with Gasteiger partial charge >= 0.3 is 0 Å². The van der Waals surface area contributed by atoms with Crippen LogP contribution in [0.15, 0.2) is 36.9 Å². The standard InChI is InChI=1S/C17H19N3O2S/c1-4-9-22-13-8-6-5-7-12(13)15-14-10(2)19-20-16(14)18-17(21)11(3)23-15/h4-8,11,15H,1,9H2,2-3H3,(H2,18,19,20,21).